The van der Waals surface area contributed by atoms with E-state index in [9.17, 15) is 14.7 Å². The third-order valence-corrected chi connectivity index (χ3v) is 6.28. The maximum absolute atomic E-state index is 13.3. The van der Waals surface area contributed by atoms with Crippen molar-refractivity contribution < 1.29 is 28.9 Å². The van der Waals surface area contributed by atoms with Gasteiger partial charge in [0.2, 0.25) is 6.79 Å². The molecular weight excluding hydrogens is 458 g/mol. The predicted octanol–water partition coefficient (Wildman–Crippen LogP) is 5.01. The molecule has 3 aromatic carbocycles. The van der Waals surface area contributed by atoms with Crippen molar-refractivity contribution in [1.82, 2.24) is 0 Å². The number of Topliss-reactive ketones (excluding diaryl/α,β-unsaturated/α-hetero) is 1. The number of fused-ring (bicyclic) bond motifs is 1. The van der Waals surface area contributed by atoms with Gasteiger partial charge in [0.25, 0.3) is 11.7 Å². The van der Waals surface area contributed by atoms with E-state index < -0.39 is 17.7 Å². The SMILES string of the molecule is COc1ccc(N2C(=O)C(=O)/C(=C(/O)c3ccc4c(c3)OCO4)C2c2ccccc2C)cc1Cl. The Hall–Kier alpha value is -3.97. The minimum Gasteiger partial charge on any atom is -0.507 e. The monoisotopic (exact) mass is 477 g/mol. The first-order valence-corrected chi connectivity index (χ1v) is 10.9. The van der Waals surface area contributed by atoms with Gasteiger partial charge in [-0.2, -0.15) is 0 Å². The highest BCUT2D eigenvalue weighted by molar-refractivity contribution is 6.52. The fraction of sp³-hybridized carbons (Fsp3) is 0.154. The molecule has 1 fully saturated rings. The summed E-state index contributed by atoms with van der Waals surface area (Å²) >= 11 is 6.33. The van der Waals surface area contributed by atoms with E-state index in [1.54, 1.807) is 36.4 Å². The van der Waals surface area contributed by atoms with Crippen molar-refractivity contribution >= 4 is 34.7 Å². The Bertz CT molecular complexity index is 1370. The van der Waals surface area contributed by atoms with Crippen LogP contribution in [0.1, 0.15) is 22.7 Å². The molecule has 1 amide bonds. The number of rotatable bonds is 4. The number of benzene rings is 3. The Balaban J connectivity index is 1.72. The molecule has 1 saturated heterocycles. The van der Waals surface area contributed by atoms with Crippen LogP contribution in [0.2, 0.25) is 5.02 Å². The number of halogens is 1. The number of ketones is 1. The van der Waals surface area contributed by atoms with Gasteiger partial charge in [-0.1, -0.05) is 35.9 Å². The van der Waals surface area contributed by atoms with Crippen LogP contribution in [0.5, 0.6) is 17.2 Å². The number of carbonyl (C=O) groups excluding carboxylic acids is 2. The van der Waals surface area contributed by atoms with Crippen molar-refractivity contribution in [2.75, 3.05) is 18.8 Å². The quantitative estimate of drug-likeness (QED) is 0.323. The van der Waals surface area contributed by atoms with Gasteiger partial charge in [-0.3, -0.25) is 14.5 Å². The molecule has 2 heterocycles. The molecule has 0 spiro atoms. The lowest BCUT2D eigenvalue weighted by Gasteiger charge is -2.27. The Labute approximate surface area is 200 Å². The minimum atomic E-state index is -0.865. The molecular formula is C26H20ClNO6. The smallest absolute Gasteiger partial charge is 0.300 e. The summed E-state index contributed by atoms with van der Waals surface area (Å²) in [6.07, 6.45) is 0. The van der Waals surface area contributed by atoms with Gasteiger partial charge in [-0.25, -0.2) is 0 Å². The average molecular weight is 478 g/mol. The summed E-state index contributed by atoms with van der Waals surface area (Å²) in [5.74, 6) is -0.429. The van der Waals surface area contributed by atoms with E-state index in [0.717, 1.165) is 5.56 Å². The van der Waals surface area contributed by atoms with Gasteiger partial charge >= 0.3 is 0 Å². The van der Waals surface area contributed by atoms with E-state index in [2.05, 4.69) is 0 Å². The van der Waals surface area contributed by atoms with Crippen molar-refractivity contribution in [3.63, 3.8) is 0 Å². The number of amides is 1. The molecule has 7 nitrogen and oxygen atoms in total. The van der Waals surface area contributed by atoms with Crippen LogP contribution in [-0.2, 0) is 9.59 Å². The van der Waals surface area contributed by atoms with Crippen molar-refractivity contribution in [2.45, 2.75) is 13.0 Å². The van der Waals surface area contributed by atoms with Gasteiger partial charge in [0.1, 0.15) is 11.5 Å². The van der Waals surface area contributed by atoms with E-state index in [4.69, 9.17) is 25.8 Å². The molecule has 1 N–H and O–H groups in total. The highest BCUT2D eigenvalue weighted by Gasteiger charge is 2.47. The molecule has 34 heavy (non-hydrogen) atoms. The molecule has 3 aromatic rings. The summed E-state index contributed by atoms with van der Waals surface area (Å²) in [5, 5.41) is 11.6. The van der Waals surface area contributed by atoms with E-state index in [-0.39, 0.29) is 18.1 Å². The highest BCUT2D eigenvalue weighted by Crippen LogP contribution is 2.45. The normalized spacial score (nSPS) is 18.4. The van der Waals surface area contributed by atoms with Crippen molar-refractivity contribution in [2.24, 2.45) is 0 Å². The Morgan fingerprint density at radius 2 is 1.82 bits per heavy atom. The van der Waals surface area contributed by atoms with Gasteiger partial charge in [0.05, 0.1) is 23.7 Å². The highest BCUT2D eigenvalue weighted by atomic mass is 35.5. The minimum absolute atomic E-state index is 0.0231. The molecule has 5 rings (SSSR count). The fourth-order valence-corrected chi connectivity index (χ4v) is 4.54. The second-order valence-electron chi connectivity index (χ2n) is 7.91. The second-order valence-corrected chi connectivity index (χ2v) is 8.32. The largest absolute Gasteiger partial charge is 0.507 e. The summed E-state index contributed by atoms with van der Waals surface area (Å²) in [7, 11) is 1.49. The van der Waals surface area contributed by atoms with E-state index in [1.807, 2.05) is 31.2 Å². The number of anilines is 1. The van der Waals surface area contributed by atoms with E-state index >= 15 is 0 Å². The lowest BCUT2D eigenvalue weighted by molar-refractivity contribution is -0.132. The lowest BCUT2D eigenvalue weighted by Crippen LogP contribution is -2.29. The zero-order chi connectivity index (χ0) is 24.0. The number of carbonyl (C=O) groups is 2. The van der Waals surface area contributed by atoms with Crippen molar-refractivity contribution in [3.8, 4) is 17.2 Å². The summed E-state index contributed by atoms with van der Waals surface area (Å²) < 4.78 is 16.0. The van der Waals surface area contributed by atoms with Gasteiger partial charge in [0.15, 0.2) is 11.5 Å². The molecule has 8 heteroatoms. The predicted molar refractivity (Wildman–Crippen MR) is 127 cm³/mol. The maximum atomic E-state index is 13.3. The molecule has 2 aliphatic heterocycles. The first-order chi connectivity index (χ1) is 16.4. The molecule has 0 saturated carbocycles. The zero-order valence-corrected chi connectivity index (χ0v) is 19.1. The molecule has 2 aliphatic rings. The summed E-state index contributed by atoms with van der Waals surface area (Å²) in [6.45, 7) is 1.96. The van der Waals surface area contributed by atoms with Crippen LogP contribution in [0.3, 0.4) is 0 Å². The van der Waals surface area contributed by atoms with E-state index in [0.29, 0.717) is 39.1 Å². The van der Waals surface area contributed by atoms with Crippen molar-refractivity contribution in [3.05, 3.63) is 87.9 Å². The number of hydrogen-bond acceptors (Lipinski definition) is 6. The molecule has 0 bridgehead atoms. The summed E-state index contributed by atoms with van der Waals surface area (Å²) in [4.78, 5) is 28.0. The number of hydrogen-bond donors (Lipinski definition) is 1. The van der Waals surface area contributed by atoms with Gasteiger partial charge in [-0.15, -0.1) is 0 Å². The Kier molecular flexibility index (Phi) is 5.42. The van der Waals surface area contributed by atoms with Crippen LogP contribution >= 0.6 is 11.6 Å². The fourth-order valence-electron chi connectivity index (χ4n) is 4.29. The molecule has 1 unspecified atom stereocenters. The Morgan fingerprint density at radius 1 is 1.06 bits per heavy atom. The standard InChI is InChI=1S/C26H20ClNO6/c1-14-5-3-4-6-17(14)23-22(24(29)15-7-9-20-21(11-15)34-13-33-20)25(30)26(31)28(23)16-8-10-19(32-2)18(27)12-16/h3-12,23,29H,13H2,1-2H3/b24-22+. The van der Waals surface area contributed by atoms with E-state index in [1.165, 1.54) is 12.0 Å². The van der Waals surface area contributed by atoms with Gasteiger partial charge in [-0.05, 0) is 54.4 Å². The van der Waals surface area contributed by atoms with Crippen LogP contribution in [0.4, 0.5) is 5.69 Å². The van der Waals surface area contributed by atoms with Crippen LogP contribution < -0.4 is 19.1 Å². The zero-order valence-electron chi connectivity index (χ0n) is 18.4. The Morgan fingerprint density at radius 3 is 2.56 bits per heavy atom. The van der Waals surface area contributed by atoms with Crippen molar-refractivity contribution in [1.29, 1.82) is 0 Å². The molecule has 0 aromatic heterocycles. The third kappa shape index (κ3) is 3.45. The number of nitrogens with zero attached hydrogens (tertiary/aromatic N) is 1. The summed E-state index contributed by atoms with van der Waals surface area (Å²) in [6, 6.07) is 16.3. The lowest BCUT2D eigenvalue weighted by atomic mass is 9.92. The molecule has 0 aliphatic carbocycles. The van der Waals surface area contributed by atoms with Gasteiger partial charge in [0, 0.05) is 11.3 Å². The first-order valence-electron chi connectivity index (χ1n) is 10.5. The van der Waals surface area contributed by atoms with Crippen LogP contribution in [-0.4, -0.2) is 30.7 Å². The number of ether oxygens (including phenoxy) is 3. The maximum Gasteiger partial charge on any atom is 0.300 e. The van der Waals surface area contributed by atoms with Gasteiger partial charge < -0.3 is 19.3 Å². The van der Waals surface area contributed by atoms with Crippen LogP contribution in [0, 0.1) is 6.92 Å². The summed E-state index contributed by atoms with van der Waals surface area (Å²) in [5.41, 5.74) is 2.29. The topological polar surface area (TPSA) is 85.3 Å². The first kappa shape index (κ1) is 21.9. The molecule has 172 valence electrons. The van der Waals surface area contributed by atoms with Crippen LogP contribution in [0.15, 0.2) is 66.2 Å². The number of aliphatic hydroxyl groups is 1. The average Bonchev–Trinajstić information content (AvgIpc) is 3.41. The molecule has 1 atom stereocenters. The number of aliphatic hydroxyl groups excluding tert-OH is 1. The number of methoxy groups -OCH3 is 1. The third-order valence-electron chi connectivity index (χ3n) is 5.99. The second kappa shape index (κ2) is 8.43. The molecule has 0 radical (unpaired) electrons. The van der Waals surface area contributed by atoms with Crippen LogP contribution in [0.25, 0.3) is 5.76 Å². The number of aryl methyl sites for hydroxylation is 1.